The fourth-order valence-corrected chi connectivity index (χ4v) is 0.687. The van der Waals surface area contributed by atoms with Crippen LogP contribution in [0.1, 0.15) is 20.3 Å². The molecule has 1 unspecified atom stereocenters. The average molecular weight is 162 g/mol. The van der Waals surface area contributed by atoms with Crippen molar-refractivity contribution in [2.75, 3.05) is 26.4 Å². The Labute approximate surface area is 68.3 Å². The van der Waals surface area contributed by atoms with Gasteiger partial charge in [0, 0.05) is 13.2 Å². The van der Waals surface area contributed by atoms with Crippen molar-refractivity contribution < 1.29 is 14.6 Å². The highest BCUT2D eigenvalue weighted by Crippen LogP contribution is 1.93. The number of ether oxygens (including phenoxy) is 2. The molecule has 1 atom stereocenters. The Balaban J connectivity index is 3.25. The normalized spacial score (nSPS) is 13.4. The first-order valence-corrected chi connectivity index (χ1v) is 4.15. The van der Waals surface area contributed by atoms with Crippen molar-refractivity contribution in [2.45, 2.75) is 26.4 Å². The molecule has 0 aliphatic heterocycles. The summed E-state index contributed by atoms with van der Waals surface area (Å²) in [5, 5.41) is 8.77. The van der Waals surface area contributed by atoms with Gasteiger partial charge in [0.05, 0.1) is 13.2 Å². The van der Waals surface area contributed by atoms with Gasteiger partial charge >= 0.3 is 0 Å². The molecular formula is C8H18O3. The molecule has 3 heteroatoms. The van der Waals surface area contributed by atoms with E-state index in [9.17, 15) is 0 Å². The summed E-state index contributed by atoms with van der Waals surface area (Å²) in [5.41, 5.74) is 0. The minimum atomic E-state index is -0.144. The third-order valence-corrected chi connectivity index (χ3v) is 1.27. The van der Waals surface area contributed by atoms with Gasteiger partial charge in [0.25, 0.3) is 0 Å². The van der Waals surface area contributed by atoms with Crippen LogP contribution < -0.4 is 0 Å². The van der Waals surface area contributed by atoms with Crippen molar-refractivity contribution in [2.24, 2.45) is 0 Å². The third-order valence-electron chi connectivity index (χ3n) is 1.27. The number of rotatable bonds is 7. The van der Waals surface area contributed by atoms with E-state index in [1.54, 1.807) is 0 Å². The van der Waals surface area contributed by atoms with Crippen LogP contribution in [-0.2, 0) is 9.47 Å². The Morgan fingerprint density at radius 3 is 2.55 bits per heavy atom. The Morgan fingerprint density at radius 2 is 2.09 bits per heavy atom. The molecule has 0 aliphatic carbocycles. The zero-order valence-electron chi connectivity index (χ0n) is 7.38. The third kappa shape index (κ3) is 6.28. The van der Waals surface area contributed by atoms with Crippen LogP contribution in [0.4, 0.5) is 0 Å². The molecule has 0 saturated heterocycles. The molecule has 1 N–H and O–H groups in total. The first-order valence-electron chi connectivity index (χ1n) is 4.15. The minimum absolute atomic E-state index is 0.0417. The second-order valence-corrected chi connectivity index (χ2v) is 2.33. The molecule has 0 saturated carbocycles. The molecule has 0 spiro atoms. The van der Waals surface area contributed by atoms with Crippen LogP contribution in [0.3, 0.4) is 0 Å². The second kappa shape index (κ2) is 7.98. The molecular weight excluding hydrogens is 144 g/mol. The number of aliphatic hydroxyl groups is 1. The molecule has 0 fully saturated rings. The van der Waals surface area contributed by atoms with Gasteiger partial charge < -0.3 is 14.6 Å². The van der Waals surface area contributed by atoms with Crippen LogP contribution in [0, 0.1) is 0 Å². The van der Waals surface area contributed by atoms with E-state index in [4.69, 9.17) is 14.6 Å². The van der Waals surface area contributed by atoms with Crippen LogP contribution in [-0.4, -0.2) is 37.6 Å². The van der Waals surface area contributed by atoms with Gasteiger partial charge in [-0.15, -0.1) is 0 Å². The van der Waals surface area contributed by atoms with Gasteiger partial charge in [0.15, 0.2) is 0 Å². The van der Waals surface area contributed by atoms with Gasteiger partial charge in [-0.3, -0.25) is 0 Å². The van der Waals surface area contributed by atoms with Gasteiger partial charge in [-0.25, -0.2) is 0 Å². The zero-order valence-corrected chi connectivity index (χ0v) is 7.38. The summed E-state index contributed by atoms with van der Waals surface area (Å²) in [6, 6.07) is 0. The van der Waals surface area contributed by atoms with E-state index < -0.39 is 0 Å². The van der Waals surface area contributed by atoms with E-state index in [1.165, 1.54) is 0 Å². The first kappa shape index (κ1) is 10.9. The highest BCUT2D eigenvalue weighted by molar-refractivity contribution is 4.52. The van der Waals surface area contributed by atoms with Gasteiger partial charge in [-0.05, 0) is 13.3 Å². The van der Waals surface area contributed by atoms with Crippen LogP contribution in [0.5, 0.6) is 0 Å². The van der Waals surface area contributed by atoms with Gasteiger partial charge in [-0.1, -0.05) is 6.92 Å². The summed E-state index contributed by atoms with van der Waals surface area (Å²) in [6.07, 6.45) is 0.831. The number of hydrogen-bond acceptors (Lipinski definition) is 3. The zero-order chi connectivity index (χ0) is 8.53. The van der Waals surface area contributed by atoms with Crippen LogP contribution in [0.2, 0.25) is 0 Å². The van der Waals surface area contributed by atoms with Gasteiger partial charge in [0.2, 0.25) is 0 Å². The molecule has 11 heavy (non-hydrogen) atoms. The molecule has 3 nitrogen and oxygen atoms in total. The average Bonchev–Trinajstić information content (AvgIpc) is 2.05. The summed E-state index contributed by atoms with van der Waals surface area (Å²) in [4.78, 5) is 0. The van der Waals surface area contributed by atoms with Gasteiger partial charge in [-0.2, -0.15) is 0 Å². The summed E-state index contributed by atoms with van der Waals surface area (Å²) in [6.45, 7) is 5.86. The molecule has 0 aromatic carbocycles. The molecule has 0 aromatic rings. The first-order chi connectivity index (χ1) is 5.35. The molecule has 0 heterocycles. The van der Waals surface area contributed by atoms with Crippen molar-refractivity contribution in [3.8, 4) is 0 Å². The summed E-state index contributed by atoms with van der Waals surface area (Å²) in [7, 11) is 0. The molecule has 0 aromatic heterocycles. The maximum absolute atomic E-state index is 8.77. The van der Waals surface area contributed by atoms with Crippen LogP contribution >= 0.6 is 0 Å². The summed E-state index contributed by atoms with van der Waals surface area (Å²) < 4.78 is 10.4. The van der Waals surface area contributed by atoms with Crippen molar-refractivity contribution in [1.29, 1.82) is 0 Å². The van der Waals surface area contributed by atoms with E-state index in [2.05, 4.69) is 0 Å². The lowest BCUT2D eigenvalue weighted by atomic mass is 10.4. The lowest BCUT2D eigenvalue weighted by Gasteiger charge is -2.13. The Morgan fingerprint density at radius 1 is 1.36 bits per heavy atom. The lowest BCUT2D eigenvalue weighted by Crippen LogP contribution is -2.24. The highest BCUT2D eigenvalue weighted by Gasteiger charge is 2.05. The van der Waals surface area contributed by atoms with Crippen molar-refractivity contribution >= 4 is 0 Å². The summed E-state index contributed by atoms with van der Waals surface area (Å²) in [5.74, 6) is 0. The molecule has 0 aliphatic rings. The van der Waals surface area contributed by atoms with Crippen LogP contribution in [0.15, 0.2) is 0 Å². The van der Waals surface area contributed by atoms with E-state index in [0.717, 1.165) is 6.42 Å². The van der Waals surface area contributed by atoms with E-state index in [1.807, 2.05) is 13.8 Å². The molecule has 0 radical (unpaired) electrons. The largest absolute Gasteiger partial charge is 0.394 e. The molecule has 68 valence electrons. The van der Waals surface area contributed by atoms with Gasteiger partial charge in [0.1, 0.15) is 6.10 Å². The Bertz CT molecular complexity index is 67.7. The van der Waals surface area contributed by atoms with Crippen LogP contribution in [0.25, 0.3) is 0 Å². The molecule has 0 amide bonds. The second-order valence-electron chi connectivity index (χ2n) is 2.33. The Kier molecular flexibility index (Phi) is 7.89. The van der Waals surface area contributed by atoms with Crippen molar-refractivity contribution in [3.05, 3.63) is 0 Å². The van der Waals surface area contributed by atoms with Crippen molar-refractivity contribution in [3.63, 3.8) is 0 Å². The smallest absolute Gasteiger partial charge is 0.104 e. The predicted octanol–water partition coefficient (Wildman–Crippen LogP) is 0.810. The Hall–Kier alpha value is -0.120. The van der Waals surface area contributed by atoms with E-state index >= 15 is 0 Å². The number of aliphatic hydroxyl groups excluding tert-OH is 1. The fraction of sp³-hybridized carbons (Fsp3) is 1.00. The van der Waals surface area contributed by atoms with Crippen molar-refractivity contribution in [1.82, 2.24) is 0 Å². The standard InChI is InChI=1S/C8H18O3/c1-3-5-11-8(6-9)7-10-4-2/h8-9H,3-7H2,1-2H3. The summed E-state index contributed by atoms with van der Waals surface area (Å²) >= 11 is 0. The SMILES string of the molecule is CCCOC(CO)COCC. The number of hydrogen-bond donors (Lipinski definition) is 1. The lowest BCUT2D eigenvalue weighted by molar-refractivity contribution is -0.0396. The fourth-order valence-electron chi connectivity index (χ4n) is 0.687. The minimum Gasteiger partial charge on any atom is -0.394 e. The maximum Gasteiger partial charge on any atom is 0.104 e. The molecule has 0 bridgehead atoms. The molecule has 0 rings (SSSR count). The topological polar surface area (TPSA) is 38.7 Å². The highest BCUT2D eigenvalue weighted by atomic mass is 16.5. The maximum atomic E-state index is 8.77. The predicted molar refractivity (Wildman–Crippen MR) is 43.6 cm³/mol. The quantitative estimate of drug-likeness (QED) is 0.602. The van der Waals surface area contributed by atoms with E-state index in [0.29, 0.717) is 19.8 Å². The monoisotopic (exact) mass is 162 g/mol. The van der Waals surface area contributed by atoms with E-state index in [-0.39, 0.29) is 12.7 Å².